The van der Waals surface area contributed by atoms with Crippen LogP contribution >= 0.6 is 0 Å². The minimum atomic E-state index is -1.60. The fraction of sp³-hybridized carbons (Fsp3) is 1.00. The number of hydrogen-bond acceptors (Lipinski definition) is 5. The molecule has 0 aromatic heterocycles. The Morgan fingerprint density at radius 1 is 0.429 bits per heavy atom. The van der Waals surface area contributed by atoms with Crippen LogP contribution in [0.2, 0.25) is 0 Å². The molecule has 42 heavy (non-hydrogen) atoms. The van der Waals surface area contributed by atoms with Crippen molar-refractivity contribution in [2.24, 2.45) is 5.92 Å². The van der Waals surface area contributed by atoms with Crippen LogP contribution in [0.15, 0.2) is 0 Å². The van der Waals surface area contributed by atoms with Crippen molar-refractivity contribution in [3.8, 4) is 0 Å². The minimum absolute atomic E-state index is 0.331. The lowest BCUT2D eigenvalue weighted by Gasteiger charge is -2.28. The molecule has 0 saturated heterocycles. The number of unbranched alkanes of at least 4 members (excludes halogenated alkanes) is 22. The topological polar surface area (TPSA) is 90.2 Å². The first-order chi connectivity index (χ1) is 20.5. The van der Waals surface area contributed by atoms with Crippen LogP contribution in [0.4, 0.5) is 0 Å². The van der Waals surface area contributed by atoms with Crippen LogP contribution in [-0.4, -0.2) is 51.6 Å². The summed E-state index contributed by atoms with van der Waals surface area (Å²) < 4.78 is 5.71. The third-order valence-electron chi connectivity index (χ3n) is 9.19. The van der Waals surface area contributed by atoms with Gasteiger partial charge in [-0.2, -0.15) is 0 Å². The van der Waals surface area contributed by atoms with E-state index in [0.717, 1.165) is 6.42 Å². The summed E-state index contributed by atoms with van der Waals surface area (Å²) in [5.41, 5.74) is 0. The van der Waals surface area contributed by atoms with E-state index in [2.05, 4.69) is 13.8 Å². The largest absolute Gasteiger partial charge is 0.394 e. The molecule has 0 radical (unpaired) electrons. The monoisotopic (exact) mass is 601 g/mol. The third kappa shape index (κ3) is 27.4. The van der Waals surface area contributed by atoms with Gasteiger partial charge in [0.25, 0.3) is 0 Å². The standard InChI is InChI=1S/C37H76O5/c1-4-6-8-10-12-14-16-18-20-22-24-26-28-34(30-31-35(37(40)41)42-36(32-38)33(3)39)29-27-25-23-21-19-17-15-13-11-9-7-5-2/h33-41H,4-32H2,1-3H3. The lowest BCUT2D eigenvalue weighted by atomic mass is 9.89. The summed E-state index contributed by atoms with van der Waals surface area (Å²) in [5, 5.41) is 39.1. The van der Waals surface area contributed by atoms with Gasteiger partial charge >= 0.3 is 0 Å². The summed E-state index contributed by atoms with van der Waals surface area (Å²) in [7, 11) is 0. The molecular formula is C37H76O5. The van der Waals surface area contributed by atoms with Gasteiger partial charge in [-0.15, -0.1) is 0 Å². The van der Waals surface area contributed by atoms with Crippen molar-refractivity contribution in [2.45, 2.75) is 225 Å². The fourth-order valence-electron chi connectivity index (χ4n) is 6.20. The van der Waals surface area contributed by atoms with Gasteiger partial charge < -0.3 is 25.2 Å². The smallest absolute Gasteiger partial charge is 0.178 e. The molecule has 0 aliphatic rings. The Balaban J connectivity index is 4.33. The van der Waals surface area contributed by atoms with Gasteiger partial charge in [-0.25, -0.2) is 0 Å². The second-order valence-electron chi connectivity index (χ2n) is 13.3. The quantitative estimate of drug-likeness (QED) is 0.0436. The first-order valence-corrected chi connectivity index (χ1v) is 18.8. The third-order valence-corrected chi connectivity index (χ3v) is 9.19. The Morgan fingerprint density at radius 3 is 1.05 bits per heavy atom. The normalized spacial score (nSPS) is 14.2. The second kappa shape index (κ2) is 32.2. The van der Waals surface area contributed by atoms with Crippen LogP contribution in [0.1, 0.15) is 201 Å². The van der Waals surface area contributed by atoms with Crippen LogP contribution < -0.4 is 0 Å². The maximum atomic E-state index is 9.90. The van der Waals surface area contributed by atoms with E-state index in [1.807, 2.05) is 0 Å². The highest BCUT2D eigenvalue weighted by Crippen LogP contribution is 2.26. The summed E-state index contributed by atoms with van der Waals surface area (Å²) in [6.45, 7) is 5.78. The predicted molar refractivity (Wildman–Crippen MR) is 180 cm³/mol. The molecule has 3 unspecified atom stereocenters. The van der Waals surface area contributed by atoms with Gasteiger partial charge in [0.1, 0.15) is 12.2 Å². The maximum absolute atomic E-state index is 9.90. The number of hydrogen-bond donors (Lipinski definition) is 4. The second-order valence-corrected chi connectivity index (χ2v) is 13.3. The predicted octanol–water partition coefficient (Wildman–Crippen LogP) is 10.0. The summed E-state index contributed by atoms with van der Waals surface area (Å²) >= 11 is 0. The zero-order chi connectivity index (χ0) is 31.1. The summed E-state index contributed by atoms with van der Waals surface area (Å²) in [6.07, 6.45) is 32.5. The molecule has 254 valence electrons. The molecule has 0 heterocycles. The number of aliphatic hydroxyl groups is 4. The molecule has 0 amide bonds. The Labute approximate surface area is 262 Å². The van der Waals surface area contributed by atoms with Crippen LogP contribution in [0.25, 0.3) is 0 Å². The van der Waals surface area contributed by atoms with E-state index in [1.165, 1.54) is 167 Å². The summed E-state index contributed by atoms with van der Waals surface area (Å²) in [4.78, 5) is 0. The van der Waals surface area contributed by atoms with E-state index in [9.17, 15) is 20.4 Å². The Bertz CT molecular complexity index is 484. The van der Waals surface area contributed by atoms with Gasteiger partial charge in [-0.3, -0.25) is 0 Å². The van der Waals surface area contributed by atoms with Gasteiger partial charge in [0.2, 0.25) is 0 Å². The number of aliphatic hydroxyl groups excluding tert-OH is 3. The average Bonchev–Trinajstić information content (AvgIpc) is 2.97. The Kier molecular flexibility index (Phi) is 32.0. The lowest BCUT2D eigenvalue weighted by Crippen LogP contribution is -2.39. The van der Waals surface area contributed by atoms with E-state index < -0.39 is 24.6 Å². The molecule has 0 aromatic rings. The van der Waals surface area contributed by atoms with Crippen molar-refractivity contribution in [3.63, 3.8) is 0 Å². The average molecular weight is 601 g/mol. The van der Waals surface area contributed by atoms with Crippen molar-refractivity contribution < 1.29 is 25.2 Å². The van der Waals surface area contributed by atoms with E-state index in [-0.39, 0.29) is 6.61 Å². The molecule has 0 fully saturated rings. The molecule has 0 aliphatic heterocycles. The molecule has 5 nitrogen and oxygen atoms in total. The van der Waals surface area contributed by atoms with Crippen molar-refractivity contribution in [1.29, 1.82) is 0 Å². The highest BCUT2D eigenvalue weighted by Gasteiger charge is 2.25. The van der Waals surface area contributed by atoms with Crippen LogP contribution in [-0.2, 0) is 4.74 Å². The molecular weight excluding hydrogens is 524 g/mol. The van der Waals surface area contributed by atoms with Crippen molar-refractivity contribution in [1.82, 2.24) is 0 Å². The van der Waals surface area contributed by atoms with Gasteiger partial charge in [0.05, 0.1) is 12.7 Å². The van der Waals surface area contributed by atoms with Crippen molar-refractivity contribution >= 4 is 0 Å². The molecule has 5 heteroatoms. The minimum Gasteiger partial charge on any atom is -0.394 e. The molecule has 0 aliphatic carbocycles. The summed E-state index contributed by atoms with van der Waals surface area (Å²) in [6, 6.07) is 0. The van der Waals surface area contributed by atoms with Crippen molar-refractivity contribution in [2.75, 3.05) is 6.61 Å². The first-order valence-electron chi connectivity index (χ1n) is 18.8. The van der Waals surface area contributed by atoms with Crippen molar-refractivity contribution in [3.05, 3.63) is 0 Å². The number of ether oxygens (including phenoxy) is 1. The number of rotatable bonds is 34. The Morgan fingerprint density at radius 2 is 0.762 bits per heavy atom. The Hall–Kier alpha value is -0.200. The van der Waals surface area contributed by atoms with Crippen LogP contribution in [0.3, 0.4) is 0 Å². The van der Waals surface area contributed by atoms with Gasteiger partial charge in [0, 0.05) is 0 Å². The highest BCUT2D eigenvalue weighted by molar-refractivity contribution is 4.71. The fourth-order valence-corrected chi connectivity index (χ4v) is 6.20. The van der Waals surface area contributed by atoms with Crippen LogP contribution in [0, 0.1) is 5.92 Å². The van der Waals surface area contributed by atoms with E-state index in [4.69, 9.17) is 4.74 Å². The zero-order valence-electron chi connectivity index (χ0n) is 28.6. The maximum Gasteiger partial charge on any atom is 0.178 e. The SMILES string of the molecule is CCCCCCCCCCCCCCC(CCCCCCCCCCCCCC)CCC(OC(CO)C(C)O)C(O)O. The van der Waals surface area contributed by atoms with E-state index in [1.54, 1.807) is 6.92 Å². The molecule has 0 spiro atoms. The molecule has 0 saturated carbocycles. The highest BCUT2D eigenvalue weighted by atomic mass is 16.6. The summed E-state index contributed by atoms with van der Waals surface area (Å²) in [5.74, 6) is 0.570. The van der Waals surface area contributed by atoms with E-state index >= 15 is 0 Å². The van der Waals surface area contributed by atoms with Crippen LogP contribution in [0.5, 0.6) is 0 Å². The zero-order valence-corrected chi connectivity index (χ0v) is 28.6. The van der Waals surface area contributed by atoms with E-state index in [0.29, 0.717) is 12.3 Å². The molecule has 0 bridgehead atoms. The lowest BCUT2D eigenvalue weighted by molar-refractivity contribution is -0.188. The van der Waals surface area contributed by atoms with Gasteiger partial charge in [-0.05, 0) is 25.7 Å². The molecule has 4 N–H and O–H groups in total. The first kappa shape index (κ1) is 41.8. The van der Waals surface area contributed by atoms with Gasteiger partial charge in [-0.1, -0.05) is 181 Å². The molecule has 3 atom stereocenters. The molecule has 0 rings (SSSR count). The van der Waals surface area contributed by atoms with Gasteiger partial charge in [0.15, 0.2) is 6.29 Å². The molecule has 0 aromatic carbocycles.